The van der Waals surface area contributed by atoms with Crippen molar-refractivity contribution in [2.75, 3.05) is 7.05 Å². The zero-order chi connectivity index (χ0) is 13.0. The van der Waals surface area contributed by atoms with Gasteiger partial charge < -0.3 is 5.32 Å². The van der Waals surface area contributed by atoms with E-state index in [0.717, 1.165) is 35.2 Å². The Morgan fingerprint density at radius 2 is 1.89 bits per heavy atom. The Labute approximate surface area is 106 Å². The molecule has 2 aliphatic carbocycles. The Morgan fingerprint density at radius 3 is 2.50 bits per heavy atom. The quantitative estimate of drug-likeness (QED) is 0.867. The SMILES string of the molecule is C=C(NC)C1(c2ccc3c(c2)CC(F)(F)C3)CC1. The van der Waals surface area contributed by atoms with Gasteiger partial charge in [0.25, 0.3) is 5.92 Å². The number of halogens is 2. The molecule has 1 aromatic rings. The van der Waals surface area contributed by atoms with Crippen molar-refractivity contribution in [2.24, 2.45) is 0 Å². The molecule has 0 radical (unpaired) electrons. The Bertz CT molecular complexity index is 515. The van der Waals surface area contributed by atoms with Crippen molar-refractivity contribution in [1.29, 1.82) is 0 Å². The number of allylic oxidation sites excluding steroid dienone is 1. The highest BCUT2D eigenvalue weighted by molar-refractivity contribution is 5.46. The van der Waals surface area contributed by atoms with Crippen molar-refractivity contribution in [3.05, 3.63) is 47.2 Å². The normalized spacial score (nSPS) is 22.4. The molecule has 96 valence electrons. The van der Waals surface area contributed by atoms with Crippen LogP contribution < -0.4 is 5.32 Å². The number of nitrogens with one attached hydrogen (secondary N) is 1. The van der Waals surface area contributed by atoms with Gasteiger partial charge in [0, 0.05) is 31.0 Å². The summed E-state index contributed by atoms with van der Waals surface area (Å²) in [7, 11) is 1.87. The Morgan fingerprint density at radius 1 is 1.22 bits per heavy atom. The van der Waals surface area contributed by atoms with Crippen LogP contribution in [-0.2, 0) is 18.3 Å². The molecule has 0 spiro atoms. The first-order valence-corrected chi connectivity index (χ1v) is 6.34. The van der Waals surface area contributed by atoms with Gasteiger partial charge in [-0.1, -0.05) is 24.8 Å². The Kier molecular flexibility index (Phi) is 2.31. The summed E-state index contributed by atoms with van der Waals surface area (Å²) in [6.45, 7) is 4.05. The van der Waals surface area contributed by atoms with Crippen molar-refractivity contribution in [3.8, 4) is 0 Å². The van der Waals surface area contributed by atoms with Crippen LogP contribution in [0, 0.1) is 0 Å². The number of fused-ring (bicyclic) bond motifs is 1. The van der Waals surface area contributed by atoms with E-state index < -0.39 is 5.92 Å². The van der Waals surface area contributed by atoms with E-state index in [1.54, 1.807) is 0 Å². The Balaban J connectivity index is 1.96. The van der Waals surface area contributed by atoms with E-state index >= 15 is 0 Å². The van der Waals surface area contributed by atoms with Gasteiger partial charge in [0.15, 0.2) is 0 Å². The fourth-order valence-electron chi connectivity index (χ4n) is 3.01. The maximum absolute atomic E-state index is 13.4. The van der Waals surface area contributed by atoms with E-state index in [1.807, 2.05) is 25.2 Å². The number of benzene rings is 1. The second-order valence-corrected chi connectivity index (χ2v) is 5.50. The van der Waals surface area contributed by atoms with Crippen LogP contribution >= 0.6 is 0 Å². The van der Waals surface area contributed by atoms with Gasteiger partial charge in [-0.2, -0.15) is 0 Å². The minimum absolute atomic E-state index is 0.0122. The molecule has 0 saturated heterocycles. The molecule has 1 aromatic carbocycles. The first-order valence-electron chi connectivity index (χ1n) is 6.34. The molecule has 0 heterocycles. The predicted molar refractivity (Wildman–Crippen MR) is 67.9 cm³/mol. The van der Waals surface area contributed by atoms with E-state index in [4.69, 9.17) is 0 Å². The van der Waals surface area contributed by atoms with Crippen LogP contribution in [0.15, 0.2) is 30.5 Å². The lowest BCUT2D eigenvalue weighted by molar-refractivity contribution is 0.0130. The topological polar surface area (TPSA) is 12.0 Å². The zero-order valence-electron chi connectivity index (χ0n) is 10.5. The highest BCUT2D eigenvalue weighted by Crippen LogP contribution is 2.53. The van der Waals surface area contributed by atoms with E-state index in [9.17, 15) is 8.78 Å². The molecule has 1 fully saturated rings. The zero-order valence-corrected chi connectivity index (χ0v) is 10.5. The molecule has 0 aliphatic heterocycles. The van der Waals surface area contributed by atoms with Crippen molar-refractivity contribution >= 4 is 0 Å². The maximum atomic E-state index is 13.4. The molecule has 1 nitrogen and oxygen atoms in total. The van der Waals surface area contributed by atoms with Crippen LogP contribution in [0.4, 0.5) is 8.78 Å². The third-order valence-electron chi connectivity index (χ3n) is 4.29. The number of hydrogen-bond acceptors (Lipinski definition) is 1. The number of hydrogen-bond donors (Lipinski definition) is 1. The third-order valence-corrected chi connectivity index (χ3v) is 4.29. The van der Waals surface area contributed by atoms with Crippen LogP contribution in [0.3, 0.4) is 0 Å². The summed E-state index contributed by atoms with van der Waals surface area (Å²) in [5, 5.41) is 3.11. The van der Waals surface area contributed by atoms with Gasteiger partial charge in [-0.3, -0.25) is 0 Å². The minimum atomic E-state index is -2.56. The molecule has 1 N–H and O–H groups in total. The van der Waals surface area contributed by atoms with E-state index in [1.165, 1.54) is 0 Å². The summed E-state index contributed by atoms with van der Waals surface area (Å²) in [5.74, 6) is -2.56. The summed E-state index contributed by atoms with van der Waals surface area (Å²) < 4.78 is 26.8. The first kappa shape index (κ1) is 11.7. The highest BCUT2D eigenvalue weighted by Gasteiger charge is 2.47. The fourth-order valence-corrected chi connectivity index (χ4v) is 3.01. The molecule has 1 saturated carbocycles. The summed E-state index contributed by atoms with van der Waals surface area (Å²) in [4.78, 5) is 0. The van der Waals surface area contributed by atoms with Crippen molar-refractivity contribution in [3.63, 3.8) is 0 Å². The van der Waals surface area contributed by atoms with Gasteiger partial charge >= 0.3 is 0 Å². The molecule has 3 rings (SSSR count). The van der Waals surface area contributed by atoms with Gasteiger partial charge in [0.2, 0.25) is 0 Å². The van der Waals surface area contributed by atoms with Gasteiger partial charge in [0.05, 0.1) is 0 Å². The van der Waals surface area contributed by atoms with Gasteiger partial charge in [-0.05, 0) is 29.5 Å². The fraction of sp³-hybridized carbons (Fsp3) is 0.467. The van der Waals surface area contributed by atoms with Crippen LogP contribution in [0.2, 0.25) is 0 Å². The van der Waals surface area contributed by atoms with Gasteiger partial charge in [-0.15, -0.1) is 0 Å². The molecule has 2 aliphatic rings. The lowest BCUT2D eigenvalue weighted by Gasteiger charge is -2.19. The minimum Gasteiger partial charge on any atom is -0.391 e. The largest absolute Gasteiger partial charge is 0.391 e. The summed E-state index contributed by atoms with van der Waals surface area (Å²) in [5.41, 5.74) is 3.73. The molecule has 0 bridgehead atoms. The van der Waals surface area contributed by atoms with Crippen molar-refractivity contribution in [2.45, 2.75) is 37.0 Å². The summed E-state index contributed by atoms with van der Waals surface area (Å²) in [6, 6.07) is 5.83. The van der Waals surface area contributed by atoms with E-state index in [-0.39, 0.29) is 18.3 Å². The maximum Gasteiger partial charge on any atom is 0.256 e. The molecule has 0 aromatic heterocycles. The van der Waals surface area contributed by atoms with Crippen LogP contribution in [-0.4, -0.2) is 13.0 Å². The van der Waals surface area contributed by atoms with Crippen LogP contribution in [0.1, 0.15) is 29.5 Å². The van der Waals surface area contributed by atoms with Gasteiger partial charge in [0.1, 0.15) is 0 Å². The number of likely N-dealkylation sites (N-methyl/N-ethyl adjacent to an activating group) is 1. The second kappa shape index (κ2) is 3.56. The summed E-state index contributed by atoms with van der Waals surface area (Å²) in [6.07, 6.45) is 1.89. The molecule has 18 heavy (non-hydrogen) atoms. The van der Waals surface area contributed by atoms with Crippen LogP contribution in [0.25, 0.3) is 0 Å². The van der Waals surface area contributed by atoms with Crippen molar-refractivity contribution in [1.82, 2.24) is 5.32 Å². The lowest BCUT2D eigenvalue weighted by atomic mass is 9.90. The number of alkyl halides is 2. The smallest absolute Gasteiger partial charge is 0.256 e. The molecular weight excluding hydrogens is 232 g/mol. The highest BCUT2D eigenvalue weighted by atomic mass is 19.3. The number of rotatable bonds is 3. The molecular formula is C15H17F2N. The third kappa shape index (κ3) is 1.64. The average Bonchev–Trinajstić information content (AvgIpc) is 3.05. The van der Waals surface area contributed by atoms with E-state index in [2.05, 4.69) is 11.9 Å². The van der Waals surface area contributed by atoms with Crippen molar-refractivity contribution < 1.29 is 8.78 Å². The predicted octanol–water partition coefficient (Wildman–Crippen LogP) is 3.19. The average molecular weight is 249 g/mol. The Hall–Kier alpha value is -1.38. The monoisotopic (exact) mass is 249 g/mol. The lowest BCUT2D eigenvalue weighted by Crippen LogP contribution is -2.20. The molecule has 0 atom stereocenters. The molecule has 0 amide bonds. The standard InChI is InChI=1S/C15H17F2N/c1-10(18-2)14(5-6-14)13-4-3-11-8-15(16,17)9-12(11)7-13/h3-4,7,18H,1,5-6,8-9H2,2H3. The van der Waals surface area contributed by atoms with Gasteiger partial charge in [-0.25, -0.2) is 8.78 Å². The molecule has 0 unspecified atom stereocenters. The van der Waals surface area contributed by atoms with Crippen LogP contribution in [0.5, 0.6) is 0 Å². The second-order valence-electron chi connectivity index (χ2n) is 5.50. The van der Waals surface area contributed by atoms with E-state index in [0.29, 0.717) is 0 Å². The molecule has 3 heteroatoms. The first-order chi connectivity index (χ1) is 8.47. The summed E-state index contributed by atoms with van der Waals surface area (Å²) >= 11 is 0.